The fraction of sp³-hybridized carbons (Fsp3) is 0.455. The summed E-state index contributed by atoms with van der Waals surface area (Å²) in [4.78, 5) is 16.7. The Bertz CT molecular complexity index is 353. The van der Waals surface area contributed by atoms with Gasteiger partial charge in [-0.3, -0.25) is 0 Å². The Morgan fingerprint density at radius 1 is 1.56 bits per heavy atom. The second kappa shape index (κ2) is 6.07. The van der Waals surface area contributed by atoms with Gasteiger partial charge in [-0.05, 0) is 26.6 Å². The van der Waals surface area contributed by atoms with Crippen LogP contribution in [0.25, 0.3) is 0 Å². The van der Waals surface area contributed by atoms with Gasteiger partial charge < -0.3 is 14.7 Å². The smallest absolute Gasteiger partial charge is 0.335 e. The van der Waals surface area contributed by atoms with Crippen LogP contribution in [0.2, 0.25) is 0 Å². The van der Waals surface area contributed by atoms with E-state index < -0.39 is 5.97 Å². The van der Waals surface area contributed by atoms with Crippen molar-refractivity contribution in [1.29, 1.82) is 0 Å². The average molecular weight is 224 g/mol. The number of pyridine rings is 1. The van der Waals surface area contributed by atoms with Gasteiger partial charge in [-0.25, -0.2) is 9.78 Å². The summed E-state index contributed by atoms with van der Waals surface area (Å²) in [6, 6.07) is 2.87. The number of nitrogens with zero attached hydrogens (tertiary/aromatic N) is 2. The van der Waals surface area contributed by atoms with Crippen molar-refractivity contribution in [2.75, 3.05) is 27.2 Å². The van der Waals surface area contributed by atoms with Crippen LogP contribution >= 0.6 is 0 Å². The molecule has 16 heavy (non-hydrogen) atoms. The van der Waals surface area contributed by atoms with Crippen LogP contribution in [0.3, 0.4) is 0 Å². The molecular formula is C11H16N2O3. The van der Waals surface area contributed by atoms with E-state index in [0.29, 0.717) is 12.5 Å². The molecule has 88 valence electrons. The number of hydrogen-bond donors (Lipinski definition) is 1. The Morgan fingerprint density at radius 2 is 2.31 bits per heavy atom. The minimum atomic E-state index is -0.972. The van der Waals surface area contributed by atoms with E-state index in [4.69, 9.17) is 9.84 Å². The van der Waals surface area contributed by atoms with Gasteiger partial charge in [-0.15, -0.1) is 0 Å². The number of hydrogen-bond acceptors (Lipinski definition) is 4. The molecule has 5 heteroatoms. The minimum Gasteiger partial charge on any atom is -0.478 e. The zero-order chi connectivity index (χ0) is 12.0. The lowest BCUT2D eigenvalue weighted by atomic mass is 10.3. The Morgan fingerprint density at radius 3 is 2.94 bits per heavy atom. The van der Waals surface area contributed by atoms with Crippen LogP contribution in [0.5, 0.6) is 5.88 Å². The molecule has 0 fully saturated rings. The third kappa shape index (κ3) is 4.27. The van der Waals surface area contributed by atoms with Gasteiger partial charge in [0.2, 0.25) is 5.88 Å². The molecule has 1 heterocycles. The van der Waals surface area contributed by atoms with Crippen LogP contribution in [-0.4, -0.2) is 48.2 Å². The molecule has 0 saturated heterocycles. The number of carboxylic acids is 1. The summed E-state index contributed by atoms with van der Waals surface area (Å²) < 4.78 is 5.35. The molecule has 1 aromatic heterocycles. The van der Waals surface area contributed by atoms with Gasteiger partial charge in [-0.2, -0.15) is 0 Å². The van der Waals surface area contributed by atoms with Gasteiger partial charge in [0.1, 0.15) is 0 Å². The van der Waals surface area contributed by atoms with Crippen molar-refractivity contribution < 1.29 is 14.6 Å². The summed E-state index contributed by atoms with van der Waals surface area (Å²) in [5, 5.41) is 8.76. The fourth-order valence-corrected chi connectivity index (χ4v) is 1.18. The SMILES string of the molecule is CN(C)CCCOc1cc(C(=O)O)ccn1. The molecule has 0 atom stereocenters. The molecule has 0 aromatic carbocycles. The number of carboxylic acid groups (broad SMARTS) is 1. The summed E-state index contributed by atoms with van der Waals surface area (Å²) in [7, 11) is 3.98. The van der Waals surface area contributed by atoms with Crippen LogP contribution < -0.4 is 4.74 Å². The monoisotopic (exact) mass is 224 g/mol. The van der Waals surface area contributed by atoms with E-state index in [1.165, 1.54) is 18.3 Å². The summed E-state index contributed by atoms with van der Waals surface area (Å²) >= 11 is 0. The molecule has 1 rings (SSSR count). The van der Waals surface area contributed by atoms with Gasteiger partial charge in [0.25, 0.3) is 0 Å². The van der Waals surface area contributed by atoms with Crippen LogP contribution in [-0.2, 0) is 0 Å². The highest BCUT2D eigenvalue weighted by atomic mass is 16.5. The maximum absolute atomic E-state index is 10.7. The number of rotatable bonds is 6. The molecule has 0 aliphatic heterocycles. The first-order valence-corrected chi connectivity index (χ1v) is 5.06. The van der Waals surface area contributed by atoms with E-state index in [-0.39, 0.29) is 5.56 Å². The normalized spacial score (nSPS) is 10.4. The third-order valence-corrected chi connectivity index (χ3v) is 1.98. The molecule has 0 aliphatic carbocycles. The summed E-state index contributed by atoms with van der Waals surface area (Å²) in [6.07, 6.45) is 2.32. The Kier molecular flexibility index (Phi) is 4.72. The maximum Gasteiger partial charge on any atom is 0.335 e. The van der Waals surface area contributed by atoms with E-state index in [9.17, 15) is 4.79 Å². The second-order valence-electron chi connectivity index (χ2n) is 3.69. The van der Waals surface area contributed by atoms with Crippen molar-refractivity contribution in [3.05, 3.63) is 23.9 Å². The standard InChI is InChI=1S/C11H16N2O3/c1-13(2)6-3-7-16-10-8-9(11(14)15)4-5-12-10/h4-5,8H,3,6-7H2,1-2H3,(H,14,15). The molecule has 0 aliphatic rings. The maximum atomic E-state index is 10.7. The van der Waals surface area contributed by atoms with Gasteiger partial charge in [0.05, 0.1) is 12.2 Å². The largest absolute Gasteiger partial charge is 0.478 e. The highest BCUT2D eigenvalue weighted by Gasteiger charge is 2.04. The summed E-state index contributed by atoms with van der Waals surface area (Å²) in [6.45, 7) is 1.47. The van der Waals surface area contributed by atoms with E-state index >= 15 is 0 Å². The first kappa shape index (κ1) is 12.4. The van der Waals surface area contributed by atoms with Gasteiger partial charge >= 0.3 is 5.97 Å². The number of carbonyl (C=O) groups is 1. The first-order chi connectivity index (χ1) is 7.59. The first-order valence-electron chi connectivity index (χ1n) is 5.06. The minimum absolute atomic E-state index is 0.192. The van der Waals surface area contributed by atoms with Crippen molar-refractivity contribution >= 4 is 5.97 Å². The van der Waals surface area contributed by atoms with Crippen molar-refractivity contribution in [3.8, 4) is 5.88 Å². The van der Waals surface area contributed by atoms with Gasteiger partial charge in [0, 0.05) is 18.8 Å². The van der Waals surface area contributed by atoms with Crippen molar-refractivity contribution in [2.45, 2.75) is 6.42 Å². The molecule has 0 amide bonds. The molecule has 1 aromatic rings. The summed E-state index contributed by atoms with van der Waals surface area (Å²) in [5.74, 6) is -0.612. The molecular weight excluding hydrogens is 208 g/mol. The van der Waals surface area contributed by atoms with Crippen LogP contribution in [0, 0.1) is 0 Å². The van der Waals surface area contributed by atoms with Crippen LogP contribution in [0.1, 0.15) is 16.8 Å². The zero-order valence-electron chi connectivity index (χ0n) is 9.51. The van der Waals surface area contributed by atoms with E-state index in [0.717, 1.165) is 13.0 Å². The summed E-state index contributed by atoms with van der Waals surface area (Å²) in [5.41, 5.74) is 0.192. The van der Waals surface area contributed by atoms with Crippen molar-refractivity contribution in [3.63, 3.8) is 0 Å². The van der Waals surface area contributed by atoms with E-state index in [1.807, 2.05) is 14.1 Å². The lowest BCUT2D eigenvalue weighted by molar-refractivity contribution is 0.0696. The fourth-order valence-electron chi connectivity index (χ4n) is 1.18. The average Bonchev–Trinajstić information content (AvgIpc) is 2.24. The lowest BCUT2D eigenvalue weighted by Gasteiger charge is -2.09. The molecule has 0 saturated carbocycles. The topological polar surface area (TPSA) is 62.7 Å². The molecule has 5 nitrogen and oxygen atoms in total. The second-order valence-corrected chi connectivity index (χ2v) is 3.69. The lowest BCUT2D eigenvalue weighted by Crippen LogP contribution is -2.15. The third-order valence-electron chi connectivity index (χ3n) is 1.98. The van der Waals surface area contributed by atoms with Crippen LogP contribution in [0.4, 0.5) is 0 Å². The molecule has 1 N–H and O–H groups in total. The quantitative estimate of drug-likeness (QED) is 0.733. The van der Waals surface area contributed by atoms with Crippen molar-refractivity contribution in [2.24, 2.45) is 0 Å². The number of aromatic carboxylic acids is 1. The van der Waals surface area contributed by atoms with E-state index in [2.05, 4.69) is 9.88 Å². The van der Waals surface area contributed by atoms with Crippen LogP contribution in [0.15, 0.2) is 18.3 Å². The Balaban J connectivity index is 2.42. The number of ether oxygens (including phenoxy) is 1. The highest BCUT2D eigenvalue weighted by Crippen LogP contribution is 2.09. The van der Waals surface area contributed by atoms with Gasteiger partial charge in [0.15, 0.2) is 0 Å². The zero-order valence-corrected chi connectivity index (χ0v) is 9.51. The van der Waals surface area contributed by atoms with E-state index in [1.54, 1.807) is 0 Å². The highest BCUT2D eigenvalue weighted by molar-refractivity contribution is 5.87. The number of aromatic nitrogens is 1. The van der Waals surface area contributed by atoms with Crippen molar-refractivity contribution in [1.82, 2.24) is 9.88 Å². The predicted octanol–water partition coefficient (Wildman–Crippen LogP) is 1.11. The van der Waals surface area contributed by atoms with Gasteiger partial charge in [-0.1, -0.05) is 0 Å². The predicted molar refractivity (Wildman–Crippen MR) is 59.9 cm³/mol. The molecule has 0 radical (unpaired) electrons. The Hall–Kier alpha value is -1.62. The Labute approximate surface area is 94.7 Å². The molecule has 0 spiro atoms. The molecule has 0 unspecified atom stereocenters. The molecule has 0 bridgehead atoms.